The molecule has 2 rings (SSSR count). The summed E-state index contributed by atoms with van der Waals surface area (Å²) in [4.78, 5) is 5.41. The van der Waals surface area contributed by atoms with Crippen LogP contribution in [0, 0.1) is 23.2 Å². The second-order valence-corrected chi connectivity index (χ2v) is 11.5. The smallest absolute Gasteiger partial charge is 0.0153 e. The summed E-state index contributed by atoms with van der Waals surface area (Å²) in [6, 6.07) is 0. The van der Waals surface area contributed by atoms with Crippen LogP contribution in [0.4, 0.5) is 0 Å². The lowest BCUT2D eigenvalue weighted by molar-refractivity contribution is -0.0145. The number of nitrogens with zero attached hydrogens (tertiary/aromatic N) is 2. The van der Waals surface area contributed by atoms with Crippen molar-refractivity contribution < 1.29 is 0 Å². The Labute approximate surface area is 152 Å². The Morgan fingerprint density at radius 1 is 0.875 bits per heavy atom. The van der Waals surface area contributed by atoms with Gasteiger partial charge < -0.3 is 0 Å². The summed E-state index contributed by atoms with van der Waals surface area (Å²) in [6.45, 7) is 26.9. The molecule has 2 aliphatic heterocycles. The van der Waals surface area contributed by atoms with Crippen molar-refractivity contribution in [2.75, 3.05) is 26.2 Å². The fourth-order valence-electron chi connectivity index (χ4n) is 4.41. The molecule has 2 fully saturated rings. The Balaban J connectivity index is 1.77. The SMILES string of the molecule is CC(CCC(C)(C)N1CCC(C(C)(C)C)C1)C1CN(C(C)(C)C)C1. The minimum atomic E-state index is 0.354. The van der Waals surface area contributed by atoms with E-state index in [4.69, 9.17) is 0 Å². The second kappa shape index (κ2) is 6.91. The highest BCUT2D eigenvalue weighted by Crippen LogP contribution is 2.39. The van der Waals surface area contributed by atoms with Crippen molar-refractivity contribution in [1.82, 2.24) is 9.80 Å². The standard InChI is InChI=1S/C22H44N2/c1-17(18-14-24(15-18)21(5,6)7)10-12-22(8,9)23-13-11-19(16-23)20(2,3)4/h17-19H,10-16H2,1-9H3. The largest absolute Gasteiger partial charge is 0.298 e. The lowest BCUT2D eigenvalue weighted by atomic mass is 9.79. The van der Waals surface area contributed by atoms with Gasteiger partial charge in [0.2, 0.25) is 0 Å². The summed E-state index contributed by atoms with van der Waals surface area (Å²) < 4.78 is 0. The third-order valence-electron chi connectivity index (χ3n) is 7.14. The van der Waals surface area contributed by atoms with E-state index in [-0.39, 0.29) is 0 Å². The zero-order chi connectivity index (χ0) is 18.3. The van der Waals surface area contributed by atoms with Crippen molar-refractivity contribution in [1.29, 1.82) is 0 Å². The Kier molecular flexibility index (Phi) is 5.83. The Bertz CT molecular complexity index is 407. The van der Waals surface area contributed by atoms with Crippen LogP contribution in [0.15, 0.2) is 0 Å². The molecule has 2 heteroatoms. The molecule has 0 bridgehead atoms. The first kappa shape index (κ1) is 20.2. The molecule has 0 amide bonds. The van der Waals surface area contributed by atoms with Crippen molar-refractivity contribution in [2.24, 2.45) is 23.2 Å². The van der Waals surface area contributed by atoms with Crippen LogP contribution in [0.1, 0.15) is 81.6 Å². The van der Waals surface area contributed by atoms with Crippen molar-refractivity contribution in [3.8, 4) is 0 Å². The molecule has 0 saturated carbocycles. The second-order valence-electron chi connectivity index (χ2n) is 11.5. The normalized spacial score (nSPS) is 26.6. The Hall–Kier alpha value is -0.0800. The monoisotopic (exact) mass is 336 g/mol. The molecular weight excluding hydrogens is 292 g/mol. The number of hydrogen-bond acceptors (Lipinski definition) is 2. The van der Waals surface area contributed by atoms with Crippen LogP contribution in [-0.4, -0.2) is 47.1 Å². The summed E-state index contributed by atoms with van der Waals surface area (Å²) in [5.74, 6) is 2.64. The van der Waals surface area contributed by atoms with Gasteiger partial charge in [0.1, 0.15) is 0 Å². The van der Waals surface area contributed by atoms with Crippen LogP contribution in [0.25, 0.3) is 0 Å². The molecule has 2 unspecified atom stereocenters. The van der Waals surface area contributed by atoms with Gasteiger partial charge in [0, 0.05) is 30.7 Å². The van der Waals surface area contributed by atoms with Crippen LogP contribution < -0.4 is 0 Å². The maximum absolute atomic E-state index is 2.78. The first-order valence-corrected chi connectivity index (χ1v) is 10.3. The van der Waals surface area contributed by atoms with E-state index in [1.54, 1.807) is 0 Å². The van der Waals surface area contributed by atoms with Crippen LogP contribution in [0.3, 0.4) is 0 Å². The van der Waals surface area contributed by atoms with E-state index in [0.29, 0.717) is 16.5 Å². The maximum atomic E-state index is 2.78. The van der Waals surface area contributed by atoms with Crippen LogP contribution in [0.2, 0.25) is 0 Å². The molecular formula is C22H44N2. The summed E-state index contributed by atoms with van der Waals surface area (Å²) in [6.07, 6.45) is 4.11. The van der Waals surface area contributed by atoms with Gasteiger partial charge in [-0.15, -0.1) is 0 Å². The molecule has 0 aromatic heterocycles. The van der Waals surface area contributed by atoms with Crippen LogP contribution in [0.5, 0.6) is 0 Å². The van der Waals surface area contributed by atoms with Crippen molar-refractivity contribution in [2.45, 2.75) is 92.7 Å². The lowest BCUT2D eigenvalue weighted by Crippen LogP contribution is -2.57. The third kappa shape index (κ3) is 4.75. The zero-order valence-corrected chi connectivity index (χ0v) is 18.1. The van der Waals surface area contributed by atoms with E-state index >= 15 is 0 Å². The molecule has 2 heterocycles. The number of hydrogen-bond donors (Lipinski definition) is 0. The lowest BCUT2D eigenvalue weighted by Gasteiger charge is -2.50. The highest BCUT2D eigenvalue weighted by atomic mass is 15.2. The average Bonchev–Trinajstić information content (AvgIpc) is 2.82. The molecule has 0 aromatic rings. The molecule has 0 N–H and O–H groups in total. The highest BCUT2D eigenvalue weighted by Gasteiger charge is 2.40. The summed E-state index contributed by atoms with van der Waals surface area (Å²) in [5, 5.41) is 0. The number of rotatable bonds is 5. The molecule has 2 atom stereocenters. The Morgan fingerprint density at radius 2 is 1.46 bits per heavy atom. The van der Waals surface area contributed by atoms with E-state index in [1.165, 1.54) is 45.4 Å². The van der Waals surface area contributed by atoms with Crippen molar-refractivity contribution in [3.05, 3.63) is 0 Å². The van der Waals surface area contributed by atoms with Gasteiger partial charge >= 0.3 is 0 Å². The van der Waals surface area contributed by atoms with E-state index in [0.717, 1.165) is 17.8 Å². The summed E-state index contributed by atoms with van der Waals surface area (Å²) >= 11 is 0. The van der Waals surface area contributed by atoms with E-state index in [1.807, 2.05) is 0 Å². The van der Waals surface area contributed by atoms with Gasteiger partial charge in [-0.25, -0.2) is 0 Å². The molecule has 2 aliphatic rings. The minimum Gasteiger partial charge on any atom is -0.298 e. The zero-order valence-electron chi connectivity index (χ0n) is 18.1. The summed E-state index contributed by atoms with van der Waals surface area (Å²) in [7, 11) is 0. The fraction of sp³-hybridized carbons (Fsp3) is 1.00. The topological polar surface area (TPSA) is 6.48 Å². The van der Waals surface area contributed by atoms with Gasteiger partial charge in [-0.05, 0) is 83.6 Å². The molecule has 0 aromatic carbocycles. The molecule has 142 valence electrons. The Morgan fingerprint density at radius 3 is 1.92 bits per heavy atom. The van der Waals surface area contributed by atoms with Gasteiger partial charge in [0.15, 0.2) is 0 Å². The van der Waals surface area contributed by atoms with E-state index in [2.05, 4.69) is 72.1 Å². The first-order chi connectivity index (χ1) is 10.8. The van der Waals surface area contributed by atoms with Crippen molar-refractivity contribution >= 4 is 0 Å². The molecule has 0 spiro atoms. The van der Waals surface area contributed by atoms with Crippen LogP contribution >= 0.6 is 0 Å². The highest BCUT2D eigenvalue weighted by molar-refractivity contribution is 4.94. The van der Waals surface area contributed by atoms with Crippen molar-refractivity contribution in [3.63, 3.8) is 0 Å². The molecule has 0 radical (unpaired) electrons. The number of likely N-dealkylation sites (tertiary alicyclic amines) is 2. The van der Waals surface area contributed by atoms with E-state index < -0.39 is 0 Å². The quantitative estimate of drug-likeness (QED) is 0.674. The minimum absolute atomic E-state index is 0.354. The fourth-order valence-corrected chi connectivity index (χ4v) is 4.41. The first-order valence-electron chi connectivity index (χ1n) is 10.3. The third-order valence-corrected chi connectivity index (χ3v) is 7.14. The molecule has 2 saturated heterocycles. The van der Waals surface area contributed by atoms with Gasteiger partial charge in [0.05, 0.1) is 0 Å². The van der Waals surface area contributed by atoms with Crippen LogP contribution in [-0.2, 0) is 0 Å². The average molecular weight is 337 g/mol. The molecule has 24 heavy (non-hydrogen) atoms. The van der Waals surface area contributed by atoms with Gasteiger partial charge in [0.25, 0.3) is 0 Å². The molecule has 0 aliphatic carbocycles. The predicted octanol–water partition coefficient (Wildman–Crippen LogP) is 5.28. The van der Waals surface area contributed by atoms with Gasteiger partial charge in [-0.1, -0.05) is 27.7 Å². The molecule has 2 nitrogen and oxygen atoms in total. The van der Waals surface area contributed by atoms with Gasteiger partial charge in [-0.2, -0.15) is 0 Å². The predicted molar refractivity (Wildman–Crippen MR) is 106 cm³/mol. The summed E-state index contributed by atoms with van der Waals surface area (Å²) in [5.41, 5.74) is 1.18. The van der Waals surface area contributed by atoms with E-state index in [9.17, 15) is 0 Å². The maximum Gasteiger partial charge on any atom is 0.0153 e. The van der Waals surface area contributed by atoms with Gasteiger partial charge in [-0.3, -0.25) is 9.80 Å².